The summed E-state index contributed by atoms with van der Waals surface area (Å²) in [6.45, 7) is 2.11. The highest BCUT2D eigenvalue weighted by atomic mass is 16.4. The fraction of sp³-hybridized carbons (Fsp3) is 0.462. The Bertz CT molecular complexity index is 448. The van der Waals surface area contributed by atoms with Crippen LogP contribution in [0.15, 0.2) is 17.3 Å². The van der Waals surface area contributed by atoms with Crippen LogP contribution in [-0.4, -0.2) is 10.9 Å². The maximum Gasteiger partial charge on any atom is 0.0873 e. The number of hydrogen-bond acceptors (Lipinski definition) is 2. The predicted molar refractivity (Wildman–Crippen MR) is 59.8 cm³/mol. The molecule has 0 amide bonds. The van der Waals surface area contributed by atoms with Gasteiger partial charge in [0.2, 0.25) is 0 Å². The molecule has 0 aromatic heterocycles. The minimum atomic E-state index is 0.723. The lowest BCUT2D eigenvalue weighted by Crippen LogP contribution is -2.16. The van der Waals surface area contributed by atoms with Gasteiger partial charge in [-0.25, -0.2) is 0 Å². The topological polar surface area (TPSA) is 32.6 Å². The van der Waals surface area contributed by atoms with E-state index in [2.05, 4.69) is 24.2 Å². The molecule has 1 atom stereocenters. The van der Waals surface area contributed by atoms with Gasteiger partial charge in [0.1, 0.15) is 0 Å². The molecule has 0 heterocycles. The van der Waals surface area contributed by atoms with E-state index in [0.29, 0.717) is 0 Å². The Morgan fingerprint density at radius 1 is 1.27 bits per heavy atom. The second-order valence-electron chi connectivity index (χ2n) is 4.65. The summed E-state index contributed by atoms with van der Waals surface area (Å²) in [5, 5.41) is 12.5. The van der Waals surface area contributed by atoms with Crippen molar-refractivity contribution in [2.75, 3.05) is 0 Å². The second-order valence-corrected chi connectivity index (χ2v) is 4.65. The normalized spacial score (nSPS) is 25.7. The molecule has 1 unspecified atom stereocenters. The number of rotatable bonds is 0. The predicted octanol–water partition coefficient (Wildman–Crippen LogP) is 3.00. The lowest BCUT2D eigenvalue weighted by molar-refractivity contribution is 0.317. The first-order chi connectivity index (χ1) is 7.31. The van der Waals surface area contributed by atoms with Crippen molar-refractivity contribution in [2.45, 2.75) is 38.5 Å². The molecule has 1 aromatic carbocycles. The Labute approximate surface area is 89.6 Å². The first-order valence-electron chi connectivity index (χ1n) is 5.65. The Hall–Kier alpha value is -1.31. The fourth-order valence-electron chi connectivity index (χ4n) is 3.14. The maximum absolute atomic E-state index is 9.05. The summed E-state index contributed by atoms with van der Waals surface area (Å²) in [6, 6.07) is 4.40. The molecule has 0 fully saturated rings. The van der Waals surface area contributed by atoms with Crippen molar-refractivity contribution in [1.82, 2.24) is 0 Å². The molecular formula is C13H15NO. The van der Waals surface area contributed by atoms with Crippen molar-refractivity contribution in [1.29, 1.82) is 0 Å². The van der Waals surface area contributed by atoms with Gasteiger partial charge in [-0.15, -0.1) is 0 Å². The zero-order valence-corrected chi connectivity index (χ0v) is 8.95. The summed E-state index contributed by atoms with van der Waals surface area (Å²) < 4.78 is 0. The van der Waals surface area contributed by atoms with Crippen LogP contribution in [0.25, 0.3) is 0 Å². The number of aryl methyl sites for hydroxylation is 2. The fourth-order valence-corrected chi connectivity index (χ4v) is 3.14. The summed E-state index contributed by atoms with van der Waals surface area (Å²) in [6.07, 6.45) is 4.57. The van der Waals surface area contributed by atoms with Crippen molar-refractivity contribution in [2.24, 2.45) is 5.16 Å². The molecule has 2 aliphatic carbocycles. The van der Waals surface area contributed by atoms with Gasteiger partial charge in [0.15, 0.2) is 0 Å². The molecule has 1 aromatic rings. The first kappa shape index (κ1) is 8.96. The van der Waals surface area contributed by atoms with Gasteiger partial charge < -0.3 is 5.21 Å². The van der Waals surface area contributed by atoms with Gasteiger partial charge in [-0.3, -0.25) is 0 Å². The van der Waals surface area contributed by atoms with E-state index >= 15 is 0 Å². The molecule has 0 spiro atoms. The van der Waals surface area contributed by atoms with Gasteiger partial charge in [0.05, 0.1) is 5.71 Å². The third-order valence-electron chi connectivity index (χ3n) is 3.85. The van der Waals surface area contributed by atoms with Crippen LogP contribution in [0.4, 0.5) is 0 Å². The Morgan fingerprint density at radius 2 is 2.07 bits per heavy atom. The van der Waals surface area contributed by atoms with Crippen LogP contribution >= 0.6 is 0 Å². The van der Waals surface area contributed by atoms with Crippen molar-refractivity contribution < 1.29 is 5.21 Å². The van der Waals surface area contributed by atoms with Crippen molar-refractivity contribution >= 4 is 5.71 Å². The van der Waals surface area contributed by atoms with Crippen LogP contribution in [0.3, 0.4) is 0 Å². The Balaban J connectivity index is 2.30. The molecule has 78 valence electrons. The van der Waals surface area contributed by atoms with Crippen LogP contribution in [0.5, 0.6) is 0 Å². The minimum absolute atomic E-state index is 0.723. The molecule has 0 saturated heterocycles. The first-order valence-corrected chi connectivity index (χ1v) is 5.65. The average molecular weight is 201 g/mol. The molecule has 0 aliphatic heterocycles. The smallest absolute Gasteiger partial charge is 0.0873 e. The van der Waals surface area contributed by atoms with E-state index in [1.54, 1.807) is 0 Å². The lowest BCUT2D eigenvalue weighted by atomic mass is 9.81. The summed E-state index contributed by atoms with van der Waals surface area (Å²) in [5.41, 5.74) is 6.34. The molecule has 0 saturated carbocycles. The number of oxime groups is 1. The molecule has 1 N–H and O–H groups in total. The van der Waals surface area contributed by atoms with Crippen molar-refractivity contribution in [3.8, 4) is 0 Å². The molecule has 2 nitrogen and oxygen atoms in total. The SMILES string of the molecule is Cc1ccc2c3c1C(=NO)CCC3CC2. The molecule has 0 radical (unpaired) electrons. The zero-order chi connectivity index (χ0) is 10.4. The molecule has 15 heavy (non-hydrogen) atoms. The van der Waals surface area contributed by atoms with E-state index in [-0.39, 0.29) is 0 Å². The highest BCUT2D eigenvalue weighted by Gasteiger charge is 2.32. The number of benzene rings is 1. The largest absolute Gasteiger partial charge is 0.411 e. The lowest BCUT2D eigenvalue weighted by Gasteiger charge is -2.24. The monoisotopic (exact) mass is 201 g/mol. The van der Waals surface area contributed by atoms with Crippen LogP contribution in [0, 0.1) is 6.92 Å². The average Bonchev–Trinajstić information content (AvgIpc) is 2.68. The van der Waals surface area contributed by atoms with Gasteiger partial charge in [-0.05, 0) is 55.2 Å². The Kier molecular flexibility index (Phi) is 1.84. The van der Waals surface area contributed by atoms with E-state index in [0.717, 1.165) is 24.5 Å². The molecular weight excluding hydrogens is 186 g/mol. The highest BCUT2D eigenvalue weighted by molar-refractivity contribution is 6.04. The summed E-state index contributed by atoms with van der Waals surface area (Å²) in [5.74, 6) is 0.723. The van der Waals surface area contributed by atoms with E-state index in [9.17, 15) is 0 Å². The van der Waals surface area contributed by atoms with Crippen LogP contribution in [0.1, 0.15) is 47.4 Å². The van der Waals surface area contributed by atoms with Crippen LogP contribution < -0.4 is 0 Å². The summed E-state index contributed by atoms with van der Waals surface area (Å²) >= 11 is 0. The van der Waals surface area contributed by atoms with Gasteiger partial charge in [-0.2, -0.15) is 0 Å². The molecule has 2 aliphatic rings. The van der Waals surface area contributed by atoms with Crippen LogP contribution in [0.2, 0.25) is 0 Å². The van der Waals surface area contributed by atoms with E-state index in [4.69, 9.17) is 5.21 Å². The van der Waals surface area contributed by atoms with Gasteiger partial charge in [-0.1, -0.05) is 17.3 Å². The second kappa shape index (κ2) is 3.09. The standard InChI is InChI=1S/C13H15NO/c1-8-2-3-9-4-5-10-6-7-11(14-15)12(8)13(9)10/h2-3,10,15H,4-7H2,1H3. The van der Waals surface area contributed by atoms with Gasteiger partial charge >= 0.3 is 0 Å². The van der Waals surface area contributed by atoms with Crippen LogP contribution in [-0.2, 0) is 6.42 Å². The number of nitrogens with zero attached hydrogens (tertiary/aromatic N) is 1. The third-order valence-corrected chi connectivity index (χ3v) is 3.85. The zero-order valence-electron chi connectivity index (χ0n) is 8.95. The summed E-state index contributed by atoms with van der Waals surface area (Å²) in [4.78, 5) is 0. The molecule has 0 bridgehead atoms. The quantitative estimate of drug-likeness (QED) is 0.508. The van der Waals surface area contributed by atoms with E-state index in [1.807, 2.05) is 0 Å². The highest BCUT2D eigenvalue weighted by Crippen LogP contribution is 2.43. The van der Waals surface area contributed by atoms with Gasteiger partial charge in [0.25, 0.3) is 0 Å². The van der Waals surface area contributed by atoms with Crippen molar-refractivity contribution in [3.05, 3.63) is 34.4 Å². The summed E-state index contributed by atoms with van der Waals surface area (Å²) in [7, 11) is 0. The number of hydrogen-bond donors (Lipinski definition) is 1. The Morgan fingerprint density at radius 3 is 2.87 bits per heavy atom. The maximum atomic E-state index is 9.05. The van der Waals surface area contributed by atoms with Crippen molar-refractivity contribution in [3.63, 3.8) is 0 Å². The molecule has 3 rings (SSSR count). The van der Waals surface area contributed by atoms with E-state index in [1.165, 1.54) is 35.1 Å². The minimum Gasteiger partial charge on any atom is -0.411 e. The molecule has 2 heteroatoms. The third kappa shape index (κ3) is 1.14. The van der Waals surface area contributed by atoms with Gasteiger partial charge in [0, 0.05) is 5.56 Å². The van der Waals surface area contributed by atoms with E-state index < -0.39 is 0 Å².